The van der Waals surface area contributed by atoms with Crippen molar-refractivity contribution in [2.75, 3.05) is 6.54 Å². The minimum absolute atomic E-state index is 0.364. The quantitative estimate of drug-likeness (QED) is 0.763. The first kappa shape index (κ1) is 10.1. The monoisotopic (exact) mass is 206 g/mol. The number of nitrogens with zero attached hydrogens (tertiary/aromatic N) is 1. The second-order valence-electron chi connectivity index (χ2n) is 3.96. The topological polar surface area (TPSA) is 62.2 Å². The van der Waals surface area contributed by atoms with E-state index in [0.29, 0.717) is 5.92 Å². The van der Waals surface area contributed by atoms with Gasteiger partial charge in [0.05, 0.1) is 0 Å². The summed E-state index contributed by atoms with van der Waals surface area (Å²) in [6.45, 7) is 0.791. The summed E-state index contributed by atoms with van der Waals surface area (Å²) in [5.41, 5.74) is 1.22. The van der Waals surface area contributed by atoms with Gasteiger partial charge in [-0.15, -0.1) is 0 Å². The van der Waals surface area contributed by atoms with E-state index in [0.717, 1.165) is 19.4 Å². The number of aromatic nitrogens is 1. The largest absolute Gasteiger partial charge is 0.480 e. The van der Waals surface area contributed by atoms with Gasteiger partial charge in [0.1, 0.15) is 6.04 Å². The number of rotatable bonds is 3. The molecule has 0 bridgehead atoms. The Hall–Kier alpha value is -1.42. The van der Waals surface area contributed by atoms with Gasteiger partial charge in [0.25, 0.3) is 0 Å². The summed E-state index contributed by atoms with van der Waals surface area (Å²) in [7, 11) is 0. The predicted octanol–water partition coefficient (Wildman–Crippen LogP) is 0.687. The van der Waals surface area contributed by atoms with Crippen molar-refractivity contribution in [2.24, 2.45) is 5.92 Å². The van der Waals surface area contributed by atoms with Gasteiger partial charge in [0, 0.05) is 12.4 Å². The van der Waals surface area contributed by atoms with Crippen LogP contribution in [0, 0.1) is 5.92 Å². The van der Waals surface area contributed by atoms with Crippen LogP contribution in [0.4, 0.5) is 0 Å². The molecule has 0 saturated carbocycles. The Kier molecular flexibility index (Phi) is 2.97. The molecule has 4 heteroatoms. The lowest BCUT2D eigenvalue weighted by Gasteiger charge is -2.07. The third-order valence-corrected chi connectivity index (χ3v) is 2.79. The van der Waals surface area contributed by atoms with E-state index >= 15 is 0 Å². The highest BCUT2D eigenvalue weighted by molar-refractivity contribution is 5.73. The Morgan fingerprint density at radius 1 is 1.53 bits per heavy atom. The molecule has 0 radical (unpaired) electrons. The number of pyridine rings is 1. The maximum Gasteiger partial charge on any atom is 0.320 e. The molecule has 1 aliphatic heterocycles. The van der Waals surface area contributed by atoms with Gasteiger partial charge in [-0.25, -0.2) is 0 Å². The second-order valence-corrected chi connectivity index (χ2v) is 3.96. The van der Waals surface area contributed by atoms with Crippen molar-refractivity contribution in [3.8, 4) is 0 Å². The number of aliphatic carboxylic acids is 1. The van der Waals surface area contributed by atoms with E-state index in [1.54, 1.807) is 12.4 Å². The smallest absolute Gasteiger partial charge is 0.320 e. The summed E-state index contributed by atoms with van der Waals surface area (Å²) in [5, 5.41) is 11.8. The van der Waals surface area contributed by atoms with E-state index in [9.17, 15) is 4.79 Å². The van der Waals surface area contributed by atoms with Crippen LogP contribution in [-0.2, 0) is 11.2 Å². The molecule has 2 N–H and O–H groups in total. The van der Waals surface area contributed by atoms with Gasteiger partial charge >= 0.3 is 5.97 Å². The fourth-order valence-corrected chi connectivity index (χ4v) is 2.00. The fourth-order valence-electron chi connectivity index (χ4n) is 2.00. The second kappa shape index (κ2) is 4.40. The highest BCUT2D eigenvalue weighted by atomic mass is 16.4. The van der Waals surface area contributed by atoms with Crippen molar-refractivity contribution in [1.82, 2.24) is 10.3 Å². The van der Waals surface area contributed by atoms with Crippen LogP contribution in [0.2, 0.25) is 0 Å². The molecule has 15 heavy (non-hydrogen) atoms. The van der Waals surface area contributed by atoms with Crippen LogP contribution >= 0.6 is 0 Å². The number of nitrogens with one attached hydrogen (secondary N) is 1. The Balaban J connectivity index is 1.90. The molecule has 0 spiro atoms. The van der Waals surface area contributed by atoms with Crippen LogP contribution in [-0.4, -0.2) is 28.6 Å². The van der Waals surface area contributed by atoms with Crippen molar-refractivity contribution in [2.45, 2.75) is 18.9 Å². The lowest BCUT2D eigenvalue weighted by Crippen LogP contribution is -2.29. The van der Waals surface area contributed by atoms with Crippen LogP contribution in [0.5, 0.6) is 0 Å². The fraction of sp³-hybridized carbons (Fsp3) is 0.455. The van der Waals surface area contributed by atoms with Crippen molar-refractivity contribution < 1.29 is 9.90 Å². The summed E-state index contributed by atoms with van der Waals surface area (Å²) >= 11 is 0. The van der Waals surface area contributed by atoms with Gasteiger partial charge in [0.2, 0.25) is 0 Å². The van der Waals surface area contributed by atoms with Crippen molar-refractivity contribution in [3.63, 3.8) is 0 Å². The number of carboxylic acid groups (broad SMARTS) is 1. The van der Waals surface area contributed by atoms with Crippen LogP contribution in [0.25, 0.3) is 0 Å². The Morgan fingerprint density at radius 3 is 2.87 bits per heavy atom. The van der Waals surface area contributed by atoms with E-state index in [1.165, 1.54) is 5.56 Å². The predicted molar refractivity (Wildman–Crippen MR) is 55.5 cm³/mol. The van der Waals surface area contributed by atoms with Crippen molar-refractivity contribution in [3.05, 3.63) is 30.1 Å². The highest BCUT2D eigenvalue weighted by Crippen LogP contribution is 2.18. The van der Waals surface area contributed by atoms with E-state index in [4.69, 9.17) is 5.11 Å². The van der Waals surface area contributed by atoms with Gasteiger partial charge in [-0.1, -0.05) is 0 Å². The van der Waals surface area contributed by atoms with Crippen LogP contribution in [0.15, 0.2) is 24.5 Å². The van der Waals surface area contributed by atoms with Gasteiger partial charge in [-0.2, -0.15) is 0 Å². The molecule has 2 rings (SSSR count). The summed E-state index contributed by atoms with van der Waals surface area (Å²) in [4.78, 5) is 14.7. The zero-order valence-electron chi connectivity index (χ0n) is 8.39. The molecule has 0 aliphatic carbocycles. The Bertz CT molecular complexity index is 340. The minimum Gasteiger partial charge on any atom is -0.480 e. The number of carboxylic acids is 1. The normalized spacial score (nSPS) is 25.3. The zero-order valence-corrected chi connectivity index (χ0v) is 8.39. The molecular formula is C11H14N2O2. The molecule has 1 aromatic heterocycles. The number of hydrogen-bond donors (Lipinski definition) is 2. The van der Waals surface area contributed by atoms with Crippen molar-refractivity contribution in [1.29, 1.82) is 0 Å². The molecule has 2 atom stereocenters. The standard InChI is InChI=1S/C11H14N2O2/c14-11(15)10-6-9(7-13-10)5-8-1-3-12-4-2-8/h1-4,9-10,13H,5-7H2,(H,14,15)/t9-,10-/m1/s1. The summed E-state index contributed by atoms with van der Waals surface area (Å²) < 4.78 is 0. The SMILES string of the molecule is O=C(O)[C@H]1C[C@@H](Cc2ccncc2)CN1. The molecule has 1 saturated heterocycles. The van der Waals surface area contributed by atoms with E-state index in [-0.39, 0.29) is 6.04 Å². The van der Waals surface area contributed by atoms with E-state index in [2.05, 4.69) is 10.3 Å². The Morgan fingerprint density at radius 2 is 2.27 bits per heavy atom. The third-order valence-electron chi connectivity index (χ3n) is 2.79. The number of carbonyl (C=O) groups is 1. The molecule has 2 heterocycles. The van der Waals surface area contributed by atoms with Crippen molar-refractivity contribution >= 4 is 5.97 Å². The van der Waals surface area contributed by atoms with Crippen LogP contribution < -0.4 is 5.32 Å². The molecule has 1 fully saturated rings. The molecule has 4 nitrogen and oxygen atoms in total. The molecular weight excluding hydrogens is 192 g/mol. The van der Waals surface area contributed by atoms with Gasteiger partial charge < -0.3 is 10.4 Å². The maximum atomic E-state index is 10.7. The first-order valence-electron chi connectivity index (χ1n) is 5.11. The summed E-state index contributed by atoms with van der Waals surface area (Å²) in [6, 6.07) is 3.60. The molecule has 0 aromatic carbocycles. The lowest BCUT2D eigenvalue weighted by atomic mass is 9.97. The lowest BCUT2D eigenvalue weighted by molar-refractivity contribution is -0.139. The molecule has 1 aliphatic rings. The molecule has 0 unspecified atom stereocenters. The minimum atomic E-state index is -0.743. The van der Waals surface area contributed by atoms with Gasteiger partial charge in [-0.3, -0.25) is 9.78 Å². The molecule has 0 amide bonds. The zero-order chi connectivity index (χ0) is 10.7. The molecule has 1 aromatic rings. The van der Waals surface area contributed by atoms with Crippen LogP contribution in [0.1, 0.15) is 12.0 Å². The Labute approximate surface area is 88.3 Å². The first-order chi connectivity index (χ1) is 7.25. The summed E-state index contributed by atoms with van der Waals surface area (Å²) in [6.07, 6.45) is 5.19. The summed E-state index contributed by atoms with van der Waals surface area (Å²) in [5.74, 6) is -0.319. The van der Waals surface area contributed by atoms with E-state index < -0.39 is 5.97 Å². The number of hydrogen-bond acceptors (Lipinski definition) is 3. The average Bonchev–Trinajstić information content (AvgIpc) is 2.68. The van der Waals surface area contributed by atoms with Gasteiger partial charge in [-0.05, 0) is 43.0 Å². The first-order valence-corrected chi connectivity index (χ1v) is 5.11. The van der Waals surface area contributed by atoms with Gasteiger partial charge in [0.15, 0.2) is 0 Å². The molecule has 80 valence electrons. The maximum absolute atomic E-state index is 10.7. The van der Waals surface area contributed by atoms with Crippen LogP contribution in [0.3, 0.4) is 0 Å². The van der Waals surface area contributed by atoms with E-state index in [1.807, 2.05) is 12.1 Å². The third kappa shape index (κ3) is 2.53. The average molecular weight is 206 g/mol. The highest BCUT2D eigenvalue weighted by Gasteiger charge is 2.28.